The molecule has 4 heterocycles. The predicted molar refractivity (Wildman–Crippen MR) is 157 cm³/mol. The Morgan fingerprint density at radius 3 is 2.45 bits per heavy atom. The second-order valence-electron chi connectivity index (χ2n) is 11.1. The van der Waals surface area contributed by atoms with E-state index in [-0.39, 0.29) is 5.82 Å². The molecule has 1 aliphatic heterocycles. The first-order chi connectivity index (χ1) is 19.5. The van der Waals surface area contributed by atoms with Crippen molar-refractivity contribution in [2.45, 2.75) is 37.8 Å². The summed E-state index contributed by atoms with van der Waals surface area (Å²) in [6.07, 6.45) is 8.44. The van der Waals surface area contributed by atoms with E-state index in [1.54, 1.807) is 18.5 Å². The number of benzene rings is 2. The second-order valence-corrected chi connectivity index (χ2v) is 11.1. The summed E-state index contributed by atoms with van der Waals surface area (Å²) in [6, 6.07) is 14.0. The summed E-state index contributed by atoms with van der Waals surface area (Å²) in [4.78, 5) is 21.6. The van der Waals surface area contributed by atoms with Gasteiger partial charge in [-0.25, -0.2) is 19.3 Å². The number of nitrogens with two attached hydrogens (primary N) is 1. The molecule has 1 saturated carbocycles. The fourth-order valence-electron chi connectivity index (χ4n) is 6.42. The van der Waals surface area contributed by atoms with Crippen molar-refractivity contribution in [1.82, 2.24) is 34.3 Å². The Hall–Kier alpha value is -4.02. The minimum absolute atomic E-state index is 0.322. The van der Waals surface area contributed by atoms with E-state index < -0.39 is 0 Å². The van der Waals surface area contributed by atoms with Gasteiger partial charge in [-0.1, -0.05) is 18.2 Å². The van der Waals surface area contributed by atoms with Crippen molar-refractivity contribution in [3.63, 3.8) is 0 Å². The quantitative estimate of drug-likeness (QED) is 0.283. The molecule has 0 unspecified atom stereocenters. The minimum Gasteiger partial charge on any atom is -0.383 e. The molecule has 206 valence electrons. The molecular weight excluding hydrogens is 505 g/mol. The fourth-order valence-corrected chi connectivity index (χ4v) is 6.42. The van der Waals surface area contributed by atoms with Crippen molar-refractivity contribution in [2.75, 3.05) is 44.3 Å². The van der Waals surface area contributed by atoms with Crippen molar-refractivity contribution < 1.29 is 4.39 Å². The molecule has 0 radical (unpaired) electrons. The first-order valence-electron chi connectivity index (χ1n) is 14.1. The molecular formula is C30H34FN9. The molecule has 0 amide bonds. The molecule has 2 aliphatic rings. The van der Waals surface area contributed by atoms with Gasteiger partial charge in [0.2, 0.25) is 5.95 Å². The number of piperazine rings is 1. The number of likely N-dealkylation sites (N-methyl/N-ethyl adjacent to an activating group) is 1. The van der Waals surface area contributed by atoms with Gasteiger partial charge in [0.1, 0.15) is 23.3 Å². The third kappa shape index (κ3) is 4.56. The zero-order valence-electron chi connectivity index (χ0n) is 22.6. The van der Waals surface area contributed by atoms with Crippen LogP contribution in [0.25, 0.3) is 33.2 Å². The van der Waals surface area contributed by atoms with E-state index in [2.05, 4.69) is 65.0 Å². The van der Waals surface area contributed by atoms with E-state index >= 15 is 0 Å². The van der Waals surface area contributed by atoms with Crippen LogP contribution < -0.4 is 11.1 Å². The Labute approximate surface area is 232 Å². The number of hydrogen-bond acceptors (Lipinski definition) is 7. The van der Waals surface area contributed by atoms with Crippen molar-refractivity contribution in [3.8, 4) is 11.1 Å². The summed E-state index contributed by atoms with van der Waals surface area (Å²) in [5.41, 5.74) is 11.2. The number of nitrogen functional groups attached to an aromatic ring is 1. The van der Waals surface area contributed by atoms with Crippen LogP contribution in [0.3, 0.4) is 0 Å². The smallest absolute Gasteiger partial charge is 0.205 e. The monoisotopic (exact) mass is 539 g/mol. The van der Waals surface area contributed by atoms with Crippen LogP contribution >= 0.6 is 0 Å². The zero-order valence-corrected chi connectivity index (χ0v) is 22.6. The van der Waals surface area contributed by atoms with Gasteiger partial charge in [-0.05, 0) is 62.6 Å². The average molecular weight is 540 g/mol. The molecule has 4 N–H and O–H groups in total. The maximum atomic E-state index is 14.1. The average Bonchev–Trinajstić information content (AvgIpc) is 3.57. The molecule has 40 heavy (non-hydrogen) atoms. The van der Waals surface area contributed by atoms with Crippen molar-refractivity contribution in [3.05, 3.63) is 60.8 Å². The van der Waals surface area contributed by atoms with Gasteiger partial charge in [-0.15, -0.1) is 0 Å². The molecule has 7 rings (SSSR count). The van der Waals surface area contributed by atoms with E-state index in [4.69, 9.17) is 5.73 Å². The van der Waals surface area contributed by atoms with Gasteiger partial charge >= 0.3 is 0 Å². The van der Waals surface area contributed by atoms with Gasteiger partial charge in [0.15, 0.2) is 5.82 Å². The largest absolute Gasteiger partial charge is 0.383 e. The first kappa shape index (κ1) is 25.0. The molecule has 0 atom stereocenters. The number of nitrogens with zero attached hydrogens (tertiary/aromatic N) is 6. The second kappa shape index (κ2) is 10.2. The van der Waals surface area contributed by atoms with Crippen molar-refractivity contribution in [1.29, 1.82) is 0 Å². The molecule has 5 aromatic rings. The van der Waals surface area contributed by atoms with E-state index in [1.807, 2.05) is 12.1 Å². The first-order valence-corrected chi connectivity index (χ1v) is 14.1. The summed E-state index contributed by atoms with van der Waals surface area (Å²) in [5.74, 6) is 0.645. The minimum atomic E-state index is -0.346. The third-order valence-corrected chi connectivity index (χ3v) is 8.67. The molecule has 2 fully saturated rings. The molecule has 1 saturated heterocycles. The maximum Gasteiger partial charge on any atom is 0.205 e. The van der Waals surface area contributed by atoms with Crippen LogP contribution in [-0.2, 0) is 0 Å². The van der Waals surface area contributed by atoms with Crippen LogP contribution in [-0.4, -0.2) is 73.6 Å². The number of imidazole rings is 1. The fraction of sp³-hybridized carbons (Fsp3) is 0.367. The van der Waals surface area contributed by atoms with Gasteiger partial charge in [-0.2, -0.15) is 0 Å². The number of para-hydroxylation sites is 1. The summed E-state index contributed by atoms with van der Waals surface area (Å²) in [5, 5.41) is 4.14. The highest BCUT2D eigenvalue weighted by molar-refractivity contribution is 6.00. The third-order valence-electron chi connectivity index (χ3n) is 8.67. The van der Waals surface area contributed by atoms with E-state index in [1.165, 1.54) is 32.0 Å². The van der Waals surface area contributed by atoms with Crippen LogP contribution in [0.15, 0.2) is 55.0 Å². The summed E-state index contributed by atoms with van der Waals surface area (Å²) < 4.78 is 16.4. The Morgan fingerprint density at radius 2 is 1.70 bits per heavy atom. The standard InChI is InChI=1S/C30H34FN9/c1-38-13-15-39(16-14-38)21-9-11-22(12-10-21)40-17-23(26-28(32)33-18-34-29(26)40)19-5-7-20(8-6-19)35-30-36-25-4-2-3-24(31)27(25)37-30/h2-8,17-18,21-22H,9-16H2,1H3,(H2,32,33,34)(H2,35,36,37). The van der Waals surface area contributed by atoms with Crippen molar-refractivity contribution >= 4 is 39.5 Å². The zero-order chi connectivity index (χ0) is 27.2. The number of nitrogens with one attached hydrogen (secondary N) is 2. The normalized spacial score (nSPS) is 20.9. The number of hydrogen-bond donors (Lipinski definition) is 3. The van der Waals surface area contributed by atoms with Gasteiger partial charge in [0.05, 0.1) is 10.9 Å². The summed E-state index contributed by atoms with van der Waals surface area (Å²) in [7, 11) is 2.21. The van der Waals surface area contributed by atoms with Gasteiger partial charge < -0.3 is 25.5 Å². The molecule has 2 aromatic carbocycles. The van der Waals surface area contributed by atoms with E-state index in [9.17, 15) is 4.39 Å². The Bertz CT molecular complexity index is 1640. The molecule has 10 heteroatoms. The number of aromatic nitrogens is 5. The number of H-pyrrole nitrogens is 1. The lowest BCUT2D eigenvalue weighted by molar-refractivity contribution is 0.0828. The van der Waals surface area contributed by atoms with Gasteiger partial charge in [-0.3, -0.25) is 4.90 Å². The SMILES string of the molecule is CN1CCN(C2CCC(n3cc(-c4ccc(Nc5nc6c(F)cccc6[nH]5)cc4)c4c(N)ncnc43)CC2)CC1. The van der Waals surface area contributed by atoms with Crippen LogP contribution in [0, 0.1) is 5.82 Å². The van der Waals surface area contributed by atoms with E-state index in [0.717, 1.165) is 53.8 Å². The molecule has 0 bridgehead atoms. The lowest BCUT2D eigenvalue weighted by Crippen LogP contribution is -2.49. The maximum absolute atomic E-state index is 14.1. The Kier molecular flexibility index (Phi) is 6.36. The summed E-state index contributed by atoms with van der Waals surface area (Å²) >= 11 is 0. The van der Waals surface area contributed by atoms with Crippen LogP contribution in [0.5, 0.6) is 0 Å². The van der Waals surface area contributed by atoms with Gasteiger partial charge in [0.25, 0.3) is 0 Å². The number of rotatable bonds is 5. The molecule has 3 aromatic heterocycles. The Morgan fingerprint density at radius 1 is 0.950 bits per heavy atom. The lowest BCUT2D eigenvalue weighted by atomic mass is 9.89. The summed E-state index contributed by atoms with van der Waals surface area (Å²) in [6.45, 7) is 4.66. The van der Waals surface area contributed by atoms with Crippen LogP contribution in [0.2, 0.25) is 0 Å². The van der Waals surface area contributed by atoms with E-state index in [0.29, 0.717) is 34.9 Å². The molecule has 9 nitrogen and oxygen atoms in total. The van der Waals surface area contributed by atoms with Gasteiger partial charge in [0, 0.05) is 55.7 Å². The number of halogens is 1. The number of anilines is 3. The molecule has 1 aliphatic carbocycles. The molecule has 0 spiro atoms. The predicted octanol–water partition coefficient (Wildman–Crippen LogP) is 5.17. The number of fused-ring (bicyclic) bond motifs is 2. The highest BCUT2D eigenvalue weighted by atomic mass is 19.1. The van der Waals surface area contributed by atoms with Crippen molar-refractivity contribution in [2.24, 2.45) is 0 Å². The lowest BCUT2D eigenvalue weighted by Gasteiger charge is -2.41. The Balaban J connectivity index is 1.12. The highest BCUT2D eigenvalue weighted by Gasteiger charge is 2.30. The highest BCUT2D eigenvalue weighted by Crippen LogP contribution is 2.39. The topological polar surface area (TPSA) is 104 Å². The number of aromatic amines is 1. The van der Waals surface area contributed by atoms with Crippen LogP contribution in [0.4, 0.5) is 21.8 Å². The van der Waals surface area contributed by atoms with Crippen LogP contribution in [0.1, 0.15) is 31.7 Å².